The Morgan fingerprint density at radius 2 is 1.00 bits per heavy atom. The molecule has 0 radical (unpaired) electrons. The molecule has 0 atom stereocenters. The van der Waals surface area contributed by atoms with Gasteiger partial charge in [-0.25, -0.2) is 0 Å². The van der Waals surface area contributed by atoms with E-state index in [9.17, 15) is 0 Å². The number of imidazole rings is 1. The van der Waals surface area contributed by atoms with Crippen molar-refractivity contribution in [2.75, 3.05) is 0 Å². The number of fused-ring (bicyclic) bond motifs is 7. The first kappa shape index (κ1) is 39.1. The number of nitrogens with zero attached hydrogens (tertiary/aromatic N) is 4. The topological polar surface area (TPSA) is 50.1 Å². The number of furan rings is 1. The number of benzene rings is 9. The van der Waals surface area contributed by atoms with Gasteiger partial charge in [0.15, 0.2) is 0 Å². The molecule has 0 saturated heterocycles. The van der Waals surface area contributed by atoms with Gasteiger partial charge in [-0.3, -0.25) is 0 Å². The molecule has 0 aliphatic rings. The molecule has 0 aliphatic heterocycles. The molecular weight excluding hydrogens is 1000 g/mol. The van der Waals surface area contributed by atoms with E-state index in [-0.39, 0.29) is 0 Å². The first-order chi connectivity index (χ1) is 33.1. The molecule has 6 nitrogen and oxygen atoms in total. The molecule has 0 N–H and O–H groups in total. The number of ether oxygens (including phenoxy) is 1. The Kier molecular flexibility index (Phi) is 9.33. The Morgan fingerprint density at radius 3 is 1.75 bits per heavy atom. The number of pyridine rings is 1. The van der Waals surface area contributed by atoms with Gasteiger partial charge in [0.2, 0.25) is 0 Å². The van der Waals surface area contributed by atoms with Crippen molar-refractivity contribution in [1.82, 2.24) is 18.7 Å². The van der Waals surface area contributed by atoms with Gasteiger partial charge in [0.1, 0.15) is 11.2 Å². The van der Waals surface area contributed by atoms with Crippen LogP contribution in [0.15, 0.2) is 235 Å². The molecule has 0 bridgehead atoms. The van der Waals surface area contributed by atoms with Crippen molar-refractivity contribution in [3.8, 4) is 62.1 Å². The predicted molar refractivity (Wildman–Crippen MR) is 268 cm³/mol. The van der Waals surface area contributed by atoms with Crippen LogP contribution < -0.4 is 4.74 Å². The summed E-state index contributed by atoms with van der Waals surface area (Å²) in [6.45, 7) is 0. The van der Waals surface area contributed by atoms with Gasteiger partial charge in [-0.1, -0.05) is 36.4 Å². The summed E-state index contributed by atoms with van der Waals surface area (Å²) in [5.41, 5.74) is 14.9. The molecule has 0 aliphatic carbocycles. The molecular formula is C60H38N4O2Pt. The Balaban J connectivity index is 0.889. The molecule has 320 valence electrons. The Morgan fingerprint density at radius 1 is 0.388 bits per heavy atom. The van der Waals surface area contributed by atoms with Crippen LogP contribution in [0.2, 0.25) is 0 Å². The molecule has 13 aromatic rings. The average Bonchev–Trinajstić information content (AvgIpc) is 4.03. The SMILES string of the molecule is [Pt]=[c]1n(-c2cccc(Oc3ccc4c5ccccc5n(-c5ccc(-c6ccc7oc8ccccc8c7c6)cn5)c4c3)c2)c2ccccc2n1-c1c(-c2ccccc2)cccc1-c1ccccc1. The molecule has 13 rings (SSSR count). The van der Waals surface area contributed by atoms with Gasteiger partial charge >= 0.3 is 294 Å². The molecule has 0 fully saturated rings. The minimum atomic E-state index is 0.734. The summed E-state index contributed by atoms with van der Waals surface area (Å²) in [5, 5.41) is 4.49. The fourth-order valence-corrected chi connectivity index (χ4v) is 10.8. The van der Waals surface area contributed by atoms with Crippen molar-refractivity contribution >= 4 is 54.8 Å². The van der Waals surface area contributed by atoms with Gasteiger partial charge in [0, 0.05) is 22.5 Å². The van der Waals surface area contributed by atoms with E-state index in [1.54, 1.807) is 0 Å². The first-order valence-corrected chi connectivity index (χ1v) is 23.4. The Labute approximate surface area is 396 Å². The summed E-state index contributed by atoms with van der Waals surface area (Å²) < 4.78 is 20.9. The number of hydrogen-bond acceptors (Lipinski definition) is 3. The van der Waals surface area contributed by atoms with Crippen LogP contribution in [0, 0.1) is 3.80 Å². The molecule has 0 saturated carbocycles. The summed E-state index contributed by atoms with van der Waals surface area (Å²) in [7, 11) is 0. The van der Waals surface area contributed by atoms with Crippen LogP contribution in [0.3, 0.4) is 0 Å². The molecule has 7 heteroatoms. The molecule has 4 heterocycles. The summed E-state index contributed by atoms with van der Waals surface area (Å²) in [5.74, 6) is 2.30. The zero-order valence-corrected chi connectivity index (χ0v) is 38.1. The van der Waals surface area contributed by atoms with E-state index in [1.165, 1.54) is 0 Å². The van der Waals surface area contributed by atoms with Crippen molar-refractivity contribution < 1.29 is 28.5 Å². The van der Waals surface area contributed by atoms with Crippen LogP contribution in [-0.4, -0.2) is 18.7 Å². The minimum absolute atomic E-state index is 0.734. The van der Waals surface area contributed by atoms with E-state index in [4.69, 9.17) is 14.1 Å². The van der Waals surface area contributed by atoms with Crippen LogP contribution >= 0.6 is 0 Å². The van der Waals surface area contributed by atoms with E-state index in [1.807, 2.05) is 24.4 Å². The van der Waals surface area contributed by atoms with E-state index in [2.05, 4.69) is 239 Å². The maximum absolute atomic E-state index is 6.80. The number of aromatic nitrogens is 4. The van der Waals surface area contributed by atoms with Gasteiger partial charge in [-0.15, -0.1) is 0 Å². The number of rotatable bonds is 8. The van der Waals surface area contributed by atoms with Gasteiger partial charge in [-0.05, 0) is 29.8 Å². The third kappa shape index (κ3) is 6.60. The zero-order valence-electron chi connectivity index (χ0n) is 35.9. The fourth-order valence-electron chi connectivity index (χ4n) is 9.73. The van der Waals surface area contributed by atoms with Gasteiger partial charge in [0.05, 0.1) is 0 Å². The van der Waals surface area contributed by atoms with Crippen LogP contribution in [0.1, 0.15) is 0 Å². The molecule has 0 spiro atoms. The predicted octanol–water partition coefficient (Wildman–Crippen LogP) is 15.7. The Hall–Kier alpha value is -8.31. The van der Waals surface area contributed by atoms with Gasteiger partial charge < -0.3 is 4.42 Å². The Bertz CT molecular complexity index is 4030. The number of hydrogen-bond donors (Lipinski definition) is 0. The van der Waals surface area contributed by atoms with E-state index >= 15 is 0 Å². The summed E-state index contributed by atoms with van der Waals surface area (Å²) in [6.07, 6.45) is 1.96. The quantitative estimate of drug-likeness (QED) is 0.152. The molecule has 9 aromatic carbocycles. The summed E-state index contributed by atoms with van der Waals surface area (Å²) in [6, 6.07) is 78.6. The van der Waals surface area contributed by atoms with E-state index < -0.39 is 0 Å². The first-order valence-electron chi connectivity index (χ1n) is 22.3. The van der Waals surface area contributed by atoms with E-state index in [0.717, 1.165) is 121 Å². The fraction of sp³-hybridized carbons (Fsp3) is 0. The second kappa shape index (κ2) is 16.0. The third-order valence-corrected chi connectivity index (χ3v) is 13.8. The molecule has 67 heavy (non-hydrogen) atoms. The van der Waals surface area contributed by atoms with Gasteiger partial charge in [0.25, 0.3) is 0 Å². The summed E-state index contributed by atoms with van der Waals surface area (Å²) >= 11 is 2.49. The molecule has 0 amide bonds. The monoisotopic (exact) mass is 1040 g/mol. The maximum atomic E-state index is 6.80. The van der Waals surface area contributed by atoms with Crippen molar-refractivity contribution in [2.45, 2.75) is 0 Å². The second-order valence-corrected chi connectivity index (χ2v) is 17.7. The third-order valence-electron chi connectivity index (χ3n) is 12.8. The zero-order chi connectivity index (χ0) is 44.4. The average molecular weight is 1040 g/mol. The van der Waals surface area contributed by atoms with Crippen LogP contribution in [0.5, 0.6) is 11.5 Å². The van der Waals surface area contributed by atoms with Crippen LogP contribution in [0.25, 0.3) is 105 Å². The van der Waals surface area contributed by atoms with E-state index in [0.29, 0.717) is 0 Å². The normalized spacial score (nSPS) is 11.7. The molecule has 0 unspecified atom stereocenters. The molecule has 4 aromatic heterocycles. The van der Waals surface area contributed by atoms with Crippen LogP contribution in [-0.2, 0) is 19.4 Å². The second-order valence-electron chi connectivity index (χ2n) is 16.7. The standard InChI is InChI=1S/C60H38N4O2.Pt/c1-3-15-40(16-4-1)47-23-14-24-48(41-17-5-2-6-18-41)60(47)63-39-62(54-26-10-11-27-55(54)63)44-19-13-20-45(36-44)65-46-31-32-50-49-21-7-9-25-53(49)64(56(50)37-46)59-34-30-43(38-61-59)42-29-33-58-52(35-42)51-22-8-12-28-57(51)66-58;/h1-38H;. The van der Waals surface area contributed by atoms with Crippen molar-refractivity contribution in [1.29, 1.82) is 0 Å². The van der Waals surface area contributed by atoms with Gasteiger partial charge in [-0.2, -0.15) is 0 Å². The van der Waals surface area contributed by atoms with Crippen LogP contribution in [0.4, 0.5) is 0 Å². The van der Waals surface area contributed by atoms with Crippen molar-refractivity contribution in [3.63, 3.8) is 0 Å². The van der Waals surface area contributed by atoms with Crippen molar-refractivity contribution in [3.05, 3.63) is 234 Å². The van der Waals surface area contributed by atoms with Crippen molar-refractivity contribution in [2.24, 2.45) is 0 Å². The number of para-hydroxylation sites is 5. The summed E-state index contributed by atoms with van der Waals surface area (Å²) in [4.78, 5) is 5.08.